The molecule has 7 nitrogen and oxygen atoms in total. The van der Waals surface area contributed by atoms with Crippen molar-refractivity contribution in [3.8, 4) is 0 Å². The first-order valence-electron chi connectivity index (χ1n) is 7.05. The van der Waals surface area contributed by atoms with Crippen LogP contribution in [-0.4, -0.2) is 39.3 Å². The van der Waals surface area contributed by atoms with Crippen molar-refractivity contribution in [2.45, 2.75) is 13.5 Å². The Morgan fingerprint density at radius 2 is 1.74 bits per heavy atom. The van der Waals surface area contributed by atoms with Gasteiger partial charge in [-0.25, -0.2) is 9.78 Å². The van der Waals surface area contributed by atoms with E-state index >= 15 is 0 Å². The fourth-order valence-corrected chi connectivity index (χ4v) is 2.29. The van der Waals surface area contributed by atoms with Crippen LogP contribution in [0.5, 0.6) is 0 Å². The van der Waals surface area contributed by atoms with Crippen molar-refractivity contribution < 1.29 is 19.1 Å². The lowest BCUT2D eigenvalue weighted by atomic mass is 10.1. The molecule has 2 amide bonds. The summed E-state index contributed by atoms with van der Waals surface area (Å²) in [6.45, 7) is 1.95. The minimum Gasteiger partial charge on any atom is -0.461 e. The zero-order valence-corrected chi connectivity index (χ0v) is 12.4. The van der Waals surface area contributed by atoms with Gasteiger partial charge in [0.15, 0.2) is 5.69 Å². The second-order valence-electron chi connectivity index (χ2n) is 4.86. The average molecular weight is 311 g/mol. The van der Waals surface area contributed by atoms with Crippen LogP contribution in [0.1, 0.15) is 43.8 Å². The van der Waals surface area contributed by atoms with Gasteiger partial charge in [-0.1, -0.05) is 12.1 Å². The van der Waals surface area contributed by atoms with Gasteiger partial charge in [0.05, 0.1) is 42.4 Å². The lowest BCUT2D eigenvalue weighted by molar-refractivity contribution is 0.0516. The van der Waals surface area contributed by atoms with E-state index in [2.05, 4.69) is 9.97 Å². The van der Waals surface area contributed by atoms with Gasteiger partial charge in [-0.05, 0) is 19.1 Å². The van der Waals surface area contributed by atoms with Crippen LogP contribution in [-0.2, 0) is 11.3 Å². The highest BCUT2D eigenvalue weighted by Gasteiger charge is 2.35. The number of esters is 1. The van der Waals surface area contributed by atoms with Crippen molar-refractivity contribution in [2.75, 3.05) is 6.61 Å². The number of carbonyl (C=O) groups is 3. The van der Waals surface area contributed by atoms with E-state index in [-0.39, 0.29) is 30.7 Å². The number of rotatable bonds is 4. The molecule has 0 aliphatic carbocycles. The standard InChI is InChI=1S/C16H13N3O4/c1-2-23-16(22)13-8-17-10(7-18-13)9-19-14(20)11-5-3-4-6-12(11)15(19)21/h3-8H,2,9H2,1H3. The third kappa shape index (κ3) is 2.68. The summed E-state index contributed by atoms with van der Waals surface area (Å²) in [7, 11) is 0. The summed E-state index contributed by atoms with van der Waals surface area (Å²) in [5.74, 6) is -1.28. The molecule has 0 unspecified atom stereocenters. The first kappa shape index (κ1) is 14.8. The zero-order valence-electron chi connectivity index (χ0n) is 12.4. The number of hydrogen-bond acceptors (Lipinski definition) is 6. The Morgan fingerprint density at radius 3 is 2.26 bits per heavy atom. The number of nitrogens with zero attached hydrogens (tertiary/aromatic N) is 3. The number of benzene rings is 1. The summed E-state index contributed by atoms with van der Waals surface area (Å²) < 4.78 is 4.82. The minimum atomic E-state index is -0.563. The number of carbonyl (C=O) groups excluding carboxylic acids is 3. The quantitative estimate of drug-likeness (QED) is 0.627. The van der Waals surface area contributed by atoms with Gasteiger partial charge in [0.25, 0.3) is 11.8 Å². The third-order valence-corrected chi connectivity index (χ3v) is 3.39. The second kappa shape index (κ2) is 5.96. The van der Waals surface area contributed by atoms with E-state index in [1.54, 1.807) is 31.2 Å². The molecule has 0 spiro atoms. The first-order chi connectivity index (χ1) is 11.1. The van der Waals surface area contributed by atoms with Crippen LogP contribution in [0, 0.1) is 0 Å². The summed E-state index contributed by atoms with van der Waals surface area (Å²) in [6, 6.07) is 6.65. The Bertz CT molecular complexity index is 751. The summed E-state index contributed by atoms with van der Waals surface area (Å²) in [4.78, 5) is 45.1. The van der Waals surface area contributed by atoms with Gasteiger partial charge >= 0.3 is 5.97 Å². The van der Waals surface area contributed by atoms with E-state index in [1.165, 1.54) is 12.4 Å². The highest BCUT2D eigenvalue weighted by Crippen LogP contribution is 2.23. The number of amides is 2. The second-order valence-corrected chi connectivity index (χ2v) is 4.86. The van der Waals surface area contributed by atoms with Crippen molar-refractivity contribution in [3.63, 3.8) is 0 Å². The molecule has 0 saturated heterocycles. The smallest absolute Gasteiger partial charge is 0.358 e. The molecule has 2 aromatic rings. The monoisotopic (exact) mass is 311 g/mol. The lowest BCUT2D eigenvalue weighted by Gasteiger charge is -2.12. The molecule has 0 N–H and O–H groups in total. The minimum absolute atomic E-state index is 0.00243. The maximum atomic E-state index is 12.3. The van der Waals surface area contributed by atoms with Gasteiger partial charge in [-0.2, -0.15) is 0 Å². The molecule has 0 atom stereocenters. The van der Waals surface area contributed by atoms with Crippen LogP contribution in [0.3, 0.4) is 0 Å². The molecule has 1 aliphatic rings. The number of fused-ring (bicyclic) bond motifs is 1. The lowest BCUT2D eigenvalue weighted by Crippen LogP contribution is -2.29. The van der Waals surface area contributed by atoms with Crippen molar-refractivity contribution in [1.82, 2.24) is 14.9 Å². The summed E-state index contributed by atoms with van der Waals surface area (Å²) >= 11 is 0. The molecule has 0 saturated carbocycles. The van der Waals surface area contributed by atoms with E-state index in [0.717, 1.165) is 4.90 Å². The predicted molar refractivity (Wildman–Crippen MR) is 78.6 cm³/mol. The Balaban J connectivity index is 1.77. The molecular weight excluding hydrogens is 298 g/mol. The Labute approximate surface area is 131 Å². The first-order valence-corrected chi connectivity index (χ1v) is 7.05. The average Bonchev–Trinajstić information content (AvgIpc) is 2.81. The molecule has 7 heteroatoms. The van der Waals surface area contributed by atoms with Gasteiger partial charge in [0.2, 0.25) is 0 Å². The molecule has 116 valence electrons. The van der Waals surface area contributed by atoms with Gasteiger partial charge < -0.3 is 4.74 Å². The van der Waals surface area contributed by atoms with Gasteiger partial charge in [0, 0.05) is 0 Å². The summed E-state index contributed by atoms with van der Waals surface area (Å²) in [5.41, 5.74) is 1.26. The summed E-state index contributed by atoms with van der Waals surface area (Å²) in [6.07, 6.45) is 2.63. The Hall–Kier alpha value is -3.09. The van der Waals surface area contributed by atoms with Gasteiger partial charge in [-0.3, -0.25) is 19.5 Å². The molecule has 1 aromatic carbocycles. The molecule has 3 rings (SSSR count). The number of hydrogen-bond donors (Lipinski definition) is 0. The number of ether oxygens (including phenoxy) is 1. The Morgan fingerprint density at radius 1 is 1.09 bits per heavy atom. The third-order valence-electron chi connectivity index (χ3n) is 3.39. The molecule has 1 aliphatic heterocycles. The SMILES string of the molecule is CCOC(=O)c1cnc(CN2C(=O)c3ccccc3C2=O)cn1. The van der Waals surface area contributed by atoms with Crippen LogP contribution in [0.15, 0.2) is 36.7 Å². The molecule has 0 fully saturated rings. The normalized spacial score (nSPS) is 13.2. The fourth-order valence-electron chi connectivity index (χ4n) is 2.29. The van der Waals surface area contributed by atoms with Crippen LogP contribution in [0.2, 0.25) is 0 Å². The van der Waals surface area contributed by atoms with E-state index in [0.29, 0.717) is 16.8 Å². The van der Waals surface area contributed by atoms with Crippen LogP contribution in [0.25, 0.3) is 0 Å². The topological polar surface area (TPSA) is 89.5 Å². The number of aromatic nitrogens is 2. The van der Waals surface area contributed by atoms with E-state index in [9.17, 15) is 14.4 Å². The van der Waals surface area contributed by atoms with Crippen LogP contribution < -0.4 is 0 Å². The maximum Gasteiger partial charge on any atom is 0.358 e. The molecular formula is C16H13N3O4. The van der Waals surface area contributed by atoms with Crippen LogP contribution in [0.4, 0.5) is 0 Å². The van der Waals surface area contributed by atoms with E-state index < -0.39 is 5.97 Å². The number of imide groups is 1. The molecule has 0 radical (unpaired) electrons. The summed E-state index contributed by atoms with van der Waals surface area (Å²) in [5, 5.41) is 0. The van der Waals surface area contributed by atoms with Gasteiger partial charge in [0.1, 0.15) is 0 Å². The zero-order chi connectivity index (χ0) is 16.4. The van der Waals surface area contributed by atoms with E-state index in [1.807, 2.05) is 0 Å². The largest absolute Gasteiger partial charge is 0.461 e. The molecule has 23 heavy (non-hydrogen) atoms. The molecule has 1 aromatic heterocycles. The van der Waals surface area contributed by atoms with Crippen molar-refractivity contribution >= 4 is 17.8 Å². The van der Waals surface area contributed by atoms with Crippen molar-refractivity contribution in [2.24, 2.45) is 0 Å². The maximum absolute atomic E-state index is 12.3. The van der Waals surface area contributed by atoms with Crippen LogP contribution >= 0.6 is 0 Å². The molecule has 2 heterocycles. The van der Waals surface area contributed by atoms with Crippen molar-refractivity contribution in [1.29, 1.82) is 0 Å². The van der Waals surface area contributed by atoms with E-state index in [4.69, 9.17) is 4.74 Å². The highest BCUT2D eigenvalue weighted by molar-refractivity contribution is 6.21. The fraction of sp³-hybridized carbons (Fsp3) is 0.188. The Kier molecular flexibility index (Phi) is 3.84. The van der Waals surface area contributed by atoms with Gasteiger partial charge in [-0.15, -0.1) is 0 Å². The highest BCUT2D eigenvalue weighted by atomic mass is 16.5. The predicted octanol–water partition coefficient (Wildman–Crippen LogP) is 1.45. The van der Waals surface area contributed by atoms with Crippen molar-refractivity contribution in [3.05, 3.63) is 59.2 Å². The molecule has 0 bridgehead atoms.